The fraction of sp³-hybridized carbons (Fsp3) is 0.500. The molecule has 3 heteroatoms. The zero-order valence-electron chi connectivity index (χ0n) is 11.8. The minimum absolute atomic E-state index is 0.732. The number of unbranched alkanes of at least 4 members (excludes halogenated alkanes) is 1. The summed E-state index contributed by atoms with van der Waals surface area (Å²) in [5, 5.41) is 5.56. The maximum absolute atomic E-state index is 6.06. The van der Waals surface area contributed by atoms with Crippen LogP contribution < -0.4 is 5.32 Å². The van der Waals surface area contributed by atoms with Crippen molar-refractivity contribution in [3.05, 3.63) is 35.5 Å². The maximum atomic E-state index is 6.06. The van der Waals surface area contributed by atoms with Crippen LogP contribution in [0.15, 0.2) is 30.5 Å². The molecule has 0 aliphatic rings. The summed E-state index contributed by atoms with van der Waals surface area (Å²) in [7, 11) is 0. The van der Waals surface area contributed by atoms with Crippen molar-refractivity contribution in [2.75, 3.05) is 13.1 Å². The second-order valence-electron chi connectivity index (χ2n) is 5.52. The predicted molar refractivity (Wildman–Crippen MR) is 83.9 cm³/mol. The minimum Gasteiger partial charge on any atom is -0.347 e. The van der Waals surface area contributed by atoms with Crippen molar-refractivity contribution >= 4 is 22.5 Å². The number of halogens is 1. The molecule has 1 aromatic carbocycles. The molecule has 2 rings (SSSR count). The fourth-order valence-electron chi connectivity index (χ4n) is 2.27. The van der Waals surface area contributed by atoms with Crippen LogP contribution in [0.3, 0.4) is 0 Å². The number of hydrogen-bond donors (Lipinski definition) is 1. The van der Waals surface area contributed by atoms with E-state index in [0.29, 0.717) is 0 Å². The quantitative estimate of drug-likeness (QED) is 0.747. The summed E-state index contributed by atoms with van der Waals surface area (Å²) in [6.07, 6.45) is 4.57. The molecule has 0 fully saturated rings. The molecule has 0 amide bonds. The molecule has 0 aliphatic heterocycles. The average molecular weight is 279 g/mol. The van der Waals surface area contributed by atoms with Crippen LogP contribution in [0.25, 0.3) is 10.9 Å². The molecule has 104 valence electrons. The number of nitrogens with zero attached hydrogens (tertiary/aromatic N) is 1. The molecule has 2 aromatic rings. The van der Waals surface area contributed by atoms with E-state index in [9.17, 15) is 0 Å². The number of benzene rings is 1. The van der Waals surface area contributed by atoms with Gasteiger partial charge >= 0.3 is 0 Å². The van der Waals surface area contributed by atoms with Crippen molar-refractivity contribution < 1.29 is 0 Å². The highest BCUT2D eigenvalue weighted by Gasteiger charge is 2.01. The third-order valence-electron chi connectivity index (χ3n) is 3.29. The van der Waals surface area contributed by atoms with Crippen molar-refractivity contribution in [1.82, 2.24) is 9.88 Å². The van der Waals surface area contributed by atoms with E-state index >= 15 is 0 Å². The van der Waals surface area contributed by atoms with Crippen molar-refractivity contribution in [2.24, 2.45) is 5.92 Å². The van der Waals surface area contributed by atoms with E-state index in [2.05, 4.69) is 42.1 Å². The molecule has 0 unspecified atom stereocenters. The largest absolute Gasteiger partial charge is 0.347 e. The summed E-state index contributed by atoms with van der Waals surface area (Å²) < 4.78 is 2.30. The van der Waals surface area contributed by atoms with Gasteiger partial charge in [-0.2, -0.15) is 0 Å². The normalized spacial score (nSPS) is 11.6. The van der Waals surface area contributed by atoms with Crippen LogP contribution in [-0.4, -0.2) is 17.7 Å². The summed E-state index contributed by atoms with van der Waals surface area (Å²) in [6, 6.07) is 8.24. The Morgan fingerprint density at radius 1 is 1.21 bits per heavy atom. The Balaban J connectivity index is 1.80. The highest BCUT2D eigenvalue weighted by molar-refractivity contribution is 6.31. The third-order valence-corrected chi connectivity index (χ3v) is 3.53. The molecule has 1 N–H and O–H groups in total. The lowest BCUT2D eigenvalue weighted by atomic mass is 10.2. The number of hydrogen-bond acceptors (Lipinski definition) is 1. The molecular weight excluding hydrogens is 256 g/mol. The second kappa shape index (κ2) is 6.97. The lowest BCUT2D eigenvalue weighted by Crippen LogP contribution is -2.20. The van der Waals surface area contributed by atoms with E-state index in [1.165, 1.54) is 23.7 Å². The number of fused-ring (bicyclic) bond motifs is 1. The van der Waals surface area contributed by atoms with Gasteiger partial charge in [-0.15, -0.1) is 0 Å². The van der Waals surface area contributed by atoms with Crippen LogP contribution in [0.2, 0.25) is 5.02 Å². The highest BCUT2D eigenvalue weighted by Crippen LogP contribution is 2.20. The minimum atomic E-state index is 0.732. The van der Waals surface area contributed by atoms with Gasteiger partial charge in [0.15, 0.2) is 0 Å². The van der Waals surface area contributed by atoms with Crippen LogP contribution >= 0.6 is 11.6 Å². The number of nitrogens with one attached hydrogen (secondary N) is 1. The van der Waals surface area contributed by atoms with Gasteiger partial charge in [-0.3, -0.25) is 0 Å². The van der Waals surface area contributed by atoms with Crippen molar-refractivity contribution in [1.29, 1.82) is 0 Å². The Labute approximate surface area is 120 Å². The standard InChI is InChI=1S/C16H23ClN2/c1-13(2)12-18-8-3-4-9-19-10-7-14-5-6-15(17)11-16(14)19/h5-7,10-11,13,18H,3-4,8-9,12H2,1-2H3. The van der Waals surface area contributed by atoms with Gasteiger partial charge < -0.3 is 9.88 Å². The van der Waals surface area contributed by atoms with Crippen LogP contribution in [0, 0.1) is 5.92 Å². The lowest BCUT2D eigenvalue weighted by molar-refractivity contribution is 0.522. The number of aromatic nitrogens is 1. The average Bonchev–Trinajstić information content (AvgIpc) is 2.76. The first-order chi connectivity index (χ1) is 9.16. The Hall–Kier alpha value is -0.990. The predicted octanol–water partition coefficient (Wildman–Crippen LogP) is 4.32. The molecule has 0 atom stereocenters. The molecule has 0 saturated heterocycles. The molecular formula is C16H23ClN2. The molecule has 0 aliphatic carbocycles. The zero-order chi connectivity index (χ0) is 13.7. The van der Waals surface area contributed by atoms with E-state index in [0.717, 1.165) is 30.6 Å². The Morgan fingerprint density at radius 2 is 2.05 bits per heavy atom. The topological polar surface area (TPSA) is 17.0 Å². The lowest BCUT2D eigenvalue weighted by Gasteiger charge is -2.08. The summed E-state index contributed by atoms with van der Waals surface area (Å²) in [6.45, 7) is 7.76. The zero-order valence-corrected chi connectivity index (χ0v) is 12.6. The molecule has 2 nitrogen and oxygen atoms in total. The monoisotopic (exact) mass is 278 g/mol. The maximum Gasteiger partial charge on any atom is 0.0495 e. The van der Waals surface area contributed by atoms with Crippen LogP contribution in [0.5, 0.6) is 0 Å². The number of aryl methyl sites for hydroxylation is 1. The summed E-state index contributed by atoms with van der Waals surface area (Å²) in [5.74, 6) is 0.732. The van der Waals surface area contributed by atoms with Crippen molar-refractivity contribution in [2.45, 2.75) is 33.2 Å². The van der Waals surface area contributed by atoms with Gasteiger partial charge in [-0.05, 0) is 55.4 Å². The molecule has 0 saturated carbocycles. The smallest absolute Gasteiger partial charge is 0.0495 e. The van der Waals surface area contributed by atoms with E-state index in [4.69, 9.17) is 11.6 Å². The first-order valence-corrected chi connectivity index (χ1v) is 7.50. The second-order valence-corrected chi connectivity index (χ2v) is 5.95. The molecule has 1 heterocycles. The van der Waals surface area contributed by atoms with E-state index < -0.39 is 0 Å². The van der Waals surface area contributed by atoms with Crippen molar-refractivity contribution in [3.8, 4) is 0 Å². The van der Waals surface area contributed by atoms with Crippen LogP contribution in [-0.2, 0) is 6.54 Å². The SMILES string of the molecule is CC(C)CNCCCCn1ccc2ccc(Cl)cc21. The molecule has 0 radical (unpaired) electrons. The highest BCUT2D eigenvalue weighted by atomic mass is 35.5. The van der Waals surface area contributed by atoms with Gasteiger partial charge in [0.2, 0.25) is 0 Å². The Bertz CT molecular complexity index is 516. The Morgan fingerprint density at radius 3 is 2.84 bits per heavy atom. The van der Waals surface area contributed by atoms with E-state index in [1.54, 1.807) is 0 Å². The van der Waals surface area contributed by atoms with E-state index in [-0.39, 0.29) is 0 Å². The molecule has 0 bridgehead atoms. The van der Waals surface area contributed by atoms with Gasteiger partial charge in [-0.25, -0.2) is 0 Å². The fourth-order valence-corrected chi connectivity index (χ4v) is 2.44. The van der Waals surface area contributed by atoms with Gasteiger partial charge in [0.05, 0.1) is 0 Å². The van der Waals surface area contributed by atoms with Gasteiger partial charge in [0, 0.05) is 23.3 Å². The van der Waals surface area contributed by atoms with Gasteiger partial charge in [0.1, 0.15) is 0 Å². The van der Waals surface area contributed by atoms with Gasteiger partial charge in [0.25, 0.3) is 0 Å². The van der Waals surface area contributed by atoms with E-state index in [1.807, 2.05) is 12.1 Å². The summed E-state index contributed by atoms with van der Waals surface area (Å²) in [5.41, 5.74) is 1.24. The first-order valence-electron chi connectivity index (χ1n) is 7.12. The van der Waals surface area contributed by atoms with Gasteiger partial charge in [-0.1, -0.05) is 31.5 Å². The Kier molecular flexibility index (Phi) is 5.29. The van der Waals surface area contributed by atoms with Crippen LogP contribution in [0.1, 0.15) is 26.7 Å². The molecule has 19 heavy (non-hydrogen) atoms. The van der Waals surface area contributed by atoms with Crippen LogP contribution in [0.4, 0.5) is 0 Å². The molecule has 0 spiro atoms. The third kappa shape index (κ3) is 4.26. The summed E-state index contributed by atoms with van der Waals surface area (Å²) >= 11 is 6.06. The first kappa shape index (κ1) is 14.4. The van der Waals surface area contributed by atoms with Crippen molar-refractivity contribution in [3.63, 3.8) is 0 Å². The molecule has 1 aromatic heterocycles. The number of rotatable bonds is 7. The summed E-state index contributed by atoms with van der Waals surface area (Å²) in [4.78, 5) is 0.